The Morgan fingerprint density at radius 2 is 1.67 bits per heavy atom. The van der Waals surface area contributed by atoms with E-state index in [4.69, 9.17) is 5.73 Å². The summed E-state index contributed by atoms with van der Waals surface area (Å²) in [6, 6.07) is 15.8. The highest BCUT2D eigenvalue weighted by atomic mass is 31.1. The number of benzene rings is 2. The van der Waals surface area contributed by atoms with Crippen molar-refractivity contribution in [2.24, 2.45) is 5.73 Å². The van der Waals surface area contributed by atoms with Gasteiger partial charge >= 0.3 is 0 Å². The summed E-state index contributed by atoms with van der Waals surface area (Å²) in [6.07, 6.45) is 1.84. The molecular weight excluding hydrogens is 317 g/mol. The lowest BCUT2D eigenvalue weighted by atomic mass is 10.0. The van der Waals surface area contributed by atoms with Crippen molar-refractivity contribution in [3.05, 3.63) is 72.7 Å². The number of carbonyl (C=O) groups excluding carboxylic acids is 1. The van der Waals surface area contributed by atoms with Crippen LogP contribution < -0.4 is 11.3 Å². The maximum absolute atomic E-state index is 11.6. The molecule has 2 aromatic carbocycles. The third-order valence-electron chi connectivity index (χ3n) is 3.74. The molecule has 0 saturated carbocycles. The van der Waals surface area contributed by atoms with Crippen molar-refractivity contribution in [3.63, 3.8) is 0 Å². The first-order valence-corrected chi connectivity index (χ1v) is 8.65. The molecule has 0 aliphatic heterocycles. The Kier molecular flexibility index (Phi) is 4.99. The SMILES string of the molecule is C=CPc1ncc(-c2ccc(-c3ccc(C(=O)CN)cc3)cc2)[nH]1. The highest BCUT2D eigenvalue weighted by molar-refractivity contribution is 7.49. The fourth-order valence-corrected chi connectivity index (χ4v) is 2.99. The molecule has 1 heterocycles. The first-order chi connectivity index (χ1) is 11.7. The number of hydrogen-bond acceptors (Lipinski definition) is 3. The zero-order valence-electron chi connectivity index (χ0n) is 13.1. The summed E-state index contributed by atoms with van der Waals surface area (Å²) in [4.78, 5) is 19.2. The number of nitrogens with one attached hydrogen (secondary N) is 1. The number of ketones is 1. The van der Waals surface area contributed by atoms with Crippen LogP contribution in [0.3, 0.4) is 0 Å². The summed E-state index contributed by atoms with van der Waals surface area (Å²) in [7, 11) is 0.485. The van der Waals surface area contributed by atoms with Gasteiger partial charge in [-0.1, -0.05) is 60.9 Å². The van der Waals surface area contributed by atoms with Gasteiger partial charge in [-0.25, -0.2) is 4.98 Å². The van der Waals surface area contributed by atoms with Gasteiger partial charge in [-0.05, 0) is 25.3 Å². The molecular formula is C19H18N3OP. The predicted octanol–water partition coefficient (Wildman–Crippen LogP) is 3.33. The molecule has 1 atom stereocenters. The molecule has 0 spiro atoms. The molecule has 3 N–H and O–H groups in total. The number of Topliss-reactive ketones (excluding diaryl/α,β-unsaturated/α-hetero) is 1. The van der Waals surface area contributed by atoms with E-state index in [-0.39, 0.29) is 12.3 Å². The lowest BCUT2D eigenvalue weighted by molar-refractivity contribution is 0.100. The molecule has 3 aromatic rings. The minimum absolute atomic E-state index is 0.0344. The highest BCUT2D eigenvalue weighted by Gasteiger charge is 2.06. The Hall–Kier alpha value is -2.55. The molecule has 1 unspecified atom stereocenters. The van der Waals surface area contributed by atoms with Gasteiger partial charge in [-0.2, -0.15) is 0 Å². The van der Waals surface area contributed by atoms with Crippen LogP contribution in [-0.4, -0.2) is 22.3 Å². The summed E-state index contributed by atoms with van der Waals surface area (Å²) in [5, 5.41) is 0. The zero-order valence-corrected chi connectivity index (χ0v) is 14.1. The van der Waals surface area contributed by atoms with Crippen LogP contribution in [0.2, 0.25) is 0 Å². The van der Waals surface area contributed by atoms with Gasteiger partial charge in [-0.15, -0.1) is 0 Å². The highest BCUT2D eigenvalue weighted by Crippen LogP contribution is 2.24. The van der Waals surface area contributed by atoms with E-state index < -0.39 is 0 Å². The van der Waals surface area contributed by atoms with Crippen molar-refractivity contribution >= 4 is 19.9 Å². The topological polar surface area (TPSA) is 71.8 Å². The fraction of sp³-hybridized carbons (Fsp3) is 0.0526. The van der Waals surface area contributed by atoms with E-state index in [1.54, 1.807) is 0 Å². The number of H-pyrrole nitrogens is 1. The molecule has 24 heavy (non-hydrogen) atoms. The monoisotopic (exact) mass is 335 g/mol. The molecule has 0 saturated heterocycles. The van der Waals surface area contributed by atoms with Crippen molar-refractivity contribution in [1.29, 1.82) is 0 Å². The molecule has 0 fully saturated rings. The standard InChI is InChI=1S/C19H18N3OP/c1-2-24-19-21-12-17(22-19)15-7-3-13(4-8-15)14-5-9-16(10-6-14)18(23)11-20/h2-10,12,24H,1,11,20H2,(H,21,22). The molecule has 120 valence electrons. The van der Waals surface area contributed by atoms with Crippen molar-refractivity contribution in [1.82, 2.24) is 9.97 Å². The Labute approximate surface area is 142 Å². The van der Waals surface area contributed by atoms with Crippen LogP contribution in [-0.2, 0) is 0 Å². The van der Waals surface area contributed by atoms with Crippen molar-refractivity contribution in [2.45, 2.75) is 0 Å². The van der Waals surface area contributed by atoms with E-state index in [0.717, 1.165) is 27.9 Å². The second-order valence-corrected chi connectivity index (χ2v) is 6.45. The molecule has 0 aliphatic rings. The van der Waals surface area contributed by atoms with Crippen molar-refractivity contribution in [2.75, 3.05) is 6.54 Å². The van der Waals surface area contributed by atoms with E-state index in [2.05, 4.69) is 40.8 Å². The lowest BCUT2D eigenvalue weighted by Crippen LogP contribution is -2.13. The third-order valence-corrected chi connectivity index (χ3v) is 4.47. The summed E-state index contributed by atoms with van der Waals surface area (Å²) in [6.45, 7) is 3.76. The minimum Gasteiger partial charge on any atom is -0.338 e. The quantitative estimate of drug-likeness (QED) is 0.536. The van der Waals surface area contributed by atoms with Gasteiger partial charge in [-0.3, -0.25) is 4.79 Å². The Morgan fingerprint density at radius 3 is 2.25 bits per heavy atom. The number of carbonyl (C=O) groups is 1. The Morgan fingerprint density at radius 1 is 1.08 bits per heavy atom. The van der Waals surface area contributed by atoms with E-state index in [1.807, 2.05) is 36.3 Å². The molecule has 4 nitrogen and oxygen atoms in total. The van der Waals surface area contributed by atoms with Crippen LogP contribution in [0.1, 0.15) is 10.4 Å². The van der Waals surface area contributed by atoms with Crippen LogP contribution in [0.15, 0.2) is 67.1 Å². The summed E-state index contributed by atoms with van der Waals surface area (Å²) in [5.41, 5.74) is 11.2. The van der Waals surface area contributed by atoms with Crippen LogP contribution in [0.25, 0.3) is 22.4 Å². The first-order valence-electron chi connectivity index (χ1n) is 7.58. The first kappa shape index (κ1) is 16.3. The molecule has 3 rings (SSSR count). The Balaban J connectivity index is 1.80. The van der Waals surface area contributed by atoms with Gasteiger partial charge in [0.25, 0.3) is 0 Å². The normalized spacial score (nSPS) is 11.0. The number of hydrogen-bond donors (Lipinski definition) is 2. The molecule has 0 radical (unpaired) electrons. The number of nitrogens with two attached hydrogens (primary N) is 1. The fourth-order valence-electron chi connectivity index (χ4n) is 2.45. The van der Waals surface area contributed by atoms with Crippen molar-refractivity contribution < 1.29 is 4.79 Å². The molecule has 0 aliphatic carbocycles. The van der Waals surface area contributed by atoms with Gasteiger partial charge in [0.2, 0.25) is 0 Å². The minimum atomic E-state index is -0.0489. The number of nitrogens with zero attached hydrogens (tertiary/aromatic N) is 1. The van der Waals surface area contributed by atoms with Gasteiger partial charge in [0.05, 0.1) is 18.4 Å². The predicted molar refractivity (Wildman–Crippen MR) is 101 cm³/mol. The number of aromatic nitrogens is 2. The Bertz CT molecular complexity index is 851. The van der Waals surface area contributed by atoms with Crippen LogP contribution in [0.4, 0.5) is 0 Å². The molecule has 5 heteroatoms. The van der Waals surface area contributed by atoms with Crippen LogP contribution >= 0.6 is 8.58 Å². The van der Waals surface area contributed by atoms with E-state index in [0.29, 0.717) is 14.1 Å². The number of aromatic amines is 1. The summed E-state index contributed by atoms with van der Waals surface area (Å²) < 4.78 is 0. The second kappa shape index (κ2) is 7.35. The summed E-state index contributed by atoms with van der Waals surface area (Å²) in [5.74, 6) is 1.80. The number of rotatable bonds is 6. The zero-order chi connectivity index (χ0) is 16.9. The van der Waals surface area contributed by atoms with Crippen LogP contribution in [0.5, 0.6) is 0 Å². The molecule has 1 aromatic heterocycles. The average Bonchev–Trinajstić information content (AvgIpc) is 3.10. The maximum atomic E-state index is 11.6. The summed E-state index contributed by atoms with van der Waals surface area (Å²) >= 11 is 0. The maximum Gasteiger partial charge on any atom is 0.176 e. The largest absolute Gasteiger partial charge is 0.338 e. The van der Waals surface area contributed by atoms with Gasteiger partial charge in [0.15, 0.2) is 5.78 Å². The number of imidazole rings is 1. The smallest absolute Gasteiger partial charge is 0.176 e. The lowest BCUT2D eigenvalue weighted by Gasteiger charge is -2.05. The van der Waals surface area contributed by atoms with Gasteiger partial charge in [0.1, 0.15) is 5.57 Å². The van der Waals surface area contributed by atoms with Crippen molar-refractivity contribution in [3.8, 4) is 22.4 Å². The van der Waals surface area contributed by atoms with E-state index >= 15 is 0 Å². The van der Waals surface area contributed by atoms with E-state index in [1.165, 1.54) is 0 Å². The molecule has 0 amide bonds. The second-order valence-electron chi connectivity index (χ2n) is 5.28. The van der Waals surface area contributed by atoms with Gasteiger partial charge in [0, 0.05) is 5.56 Å². The average molecular weight is 335 g/mol. The third kappa shape index (κ3) is 3.51. The van der Waals surface area contributed by atoms with E-state index in [9.17, 15) is 4.79 Å². The molecule has 0 bridgehead atoms. The van der Waals surface area contributed by atoms with Gasteiger partial charge < -0.3 is 10.7 Å². The van der Waals surface area contributed by atoms with Crippen LogP contribution in [0, 0.1) is 0 Å².